The third-order valence-corrected chi connectivity index (χ3v) is 20.3. The van der Waals surface area contributed by atoms with Gasteiger partial charge in [0.15, 0.2) is 0 Å². The van der Waals surface area contributed by atoms with Gasteiger partial charge in [-0.1, -0.05) is 284 Å². The van der Waals surface area contributed by atoms with E-state index in [0.29, 0.717) is 0 Å². The van der Waals surface area contributed by atoms with Gasteiger partial charge in [0, 0.05) is 65.8 Å². The van der Waals surface area contributed by atoms with Crippen LogP contribution in [-0.4, -0.2) is 18.3 Å². The van der Waals surface area contributed by atoms with Crippen LogP contribution >= 0.6 is 0 Å². The number of hydrogen-bond acceptors (Lipinski definition) is 0. The molecule has 20 aromatic rings. The van der Waals surface area contributed by atoms with Crippen LogP contribution in [0.4, 0.5) is 0 Å². The predicted molar refractivity (Wildman–Crippen MR) is 444 cm³/mol. The zero-order chi connectivity index (χ0) is 70.0. The molecule has 104 heavy (non-hydrogen) atoms. The Hall–Kier alpha value is -13.3. The number of aromatic nitrogens is 4. The molecule has 0 aliphatic rings. The van der Waals surface area contributed by atoms with Gasteiger partial charge in [-0.2, -0.15) is 0 Å². The van der Waals surface area contributed by atoms with Crippen LogP contribution in [0.1, 0.15) is 22.3 Å². The molecule has 20 rings (SSSR count). The first-order valence-electron chi connectivity index (χ1n) is 35.9. The van der Waals surface area contributed by atoms with Crippen LogP contribution < -0.4 is 0 Å². The Bertz CT molecular complexity index is 6330. The molecule has 0 saturated carbocycles. The SMILES string of the molecule is Cc1ccc(-c2ccc(-n3c4ccccc4c4ccccc43)cc2)cc1.Cc1ccc2c(c1)c1cc(-c3ccccc3)ccc1n2-c1ccccc1.Cc1ccc2c3cc(-c4ccccc4)ccc3n(-c3ccccc3)c2c1.Cc1cccc2c3cc(-c4ccccc4)ccc3n(-c3ccccc3)c12. The molecule has 4 nitrogen and oxygen atoms in total. The van der Waals surface area contributed by atoms with Crippen molar-refractivity contribution in [1.29, 1.82) is 0 Å². The molecule has 0 atom stereocenters. The lowest BCUT2D eigenvalue weighted by atomic mass is 10.0. The van der Waals surface area contributed by atoms with E-state index in [9.17, 15) is 0 Å². The highest BCUT2D eigenvalue weighted by Gasteiger charge is 2.19. The van der Waals surface area contributed by atoms with Crippen LogP contribution in [-0.2, 0) is 0 Å². The van der Waals surface area contributed by atoms with Gasteiger partial charge in [-0.25, -0.2) is 0 Å². The second-order valence-corrected chi connectivity index (χ2v) is 27.1. The van der Waals surface area contributed by atoms with E-state index in [0.717, 1.165) is 0 Å². The van der Waals surface area contributed by atoms with Crippen molar-refractivity contribution in [3.8, 4) is 67.3 Å². The van der Waals surface area contributed by atoms with Crippen molar-refractivity contribution in [2.45, 2.75) is 27.7 Å². The summed E-state index contributed by atoms with van der Waals surface area (Å²) in [5.41, 5.74) is 30.0. The lowest BCUT2D eigenvalue weighted by molar-refractivity contribution is 1.17. The molecule has 0 aliphatic carbocycles. The molecule has 0 N–H and O–H groups in total. The third-order valence-electron chi connectivity index (χ3n) is 20.3. The zero-order valence-corrected chi connectivity index (χ0v) is 58.7. The Balaban J connectivity index is 0.000000103. The van der Waals surface area contributed by atoms with Gasteiger partial charge < -0.3 is 18.3 Å². The fourth-order valence-corrected chi connectivity index (χ4v) is 15.2. The normalized spacial score (nSPS) is 11.3. The van der Waals surface area contributed by atoms with E-state index < -0.39 is 0 Å². The van der Waals surface area contributed by atoms with Gasteiger partial charge in [-0.3, -0.25) is 0 Å². The van der Waals surface area contributed by atoms with Crippen molar-refractivity contribution >= 4 is 87.2 Å². The monoisotopic (exact) mass is 1330 g/mol. The van der Waals surface area contributed by atoms with Gasteiger partial charge in [0.2, 0.25) is 0 Å². The maximum Gasteiger partial charge on any atom is 0.0570 e. The van der Waals surface area contributed by atoms with Crippen LogP contribution in [0.25, 0.3) is 154 Å². The molecule has 4 heterocycles. The van der Waals surface area contributed by atoms with Crippen LogP contribution in [0.3, 0.4) is 0 Å². The van der Waals surface area contributed by atoms with Crippen molar-refractivity contribution in [2.24, 2.45) is 0 Å². The lowest BCUT2D eigenvalue weighted by Crippen LogP contribution is -1.94. The van der Waals surface area contributed by atoms with Gasteiger partial charge >= 0.3 is 0 Å². The molecule has 4 aromatic heterocycles. The smallest absolute Gasteiger partial charge is 0.0570 e. The van der Waals surface area contributed by atoms with Crippen molar-refractivity contribution in [1.82, 2.24) is 18.3 Å². The largest absolute Gasteiger partial charge is 0.309 e. The number of hydrogen-bond donors (Lipinski definition) is 0. The summed E-state index contributed by atoms with van der Waals surface area (Å²) < 4.78 is 9.46. The van der Waals surface area contributed by atoms with Gasteiger partial charge in [-0.15, -0.1) is 0 Å². The van der Waals surface area contributed by atoms with E-state index in [1.165, 1.54) is 177 Å². The van der Waals surface area contributed by atoms with Crippen LogP contribution in [0.2, 0.25) is 0 Å². The second kappa shape index (κ2) is 28.0. The van der Waals surface area contributed by atoms with Crippen molar-refractivity contribution in [2.75, 3.05) is 0 Å². The summed E-state index contributed by atoms with van der Waals surface area (Å²) in [5.74, 6) is 0. The Morgan fingerprint density at radius 1 is 0.154 bits per heavy atom. The Morgan fingerprint density at radius 3 is 0.923 bits per heavy atom. The molecule has 0 radical (unpaired) electrons. The minimum Gasteiger partial charge on any atom is -0.309 e. The summed E-state index contributed by atoms with van der Waals surface area (Å²) in [6.45, 7) is 8.63. The molecular weight excluding hydrogens is 1260 g/mol. The van der Waals surface area contributed by atoms with E-state index in [1.807, 2.05) is 0 Å². The van der Waals surface area contributed by atoms with E-state index in [2.05, 4.69) is 434 Å². The molecule has 0 saturated heterocycles. The second-order valence-electron chi connectivity index (χ2n) is 27.1. The molecule has 0 aliphatic heterocycles. The van der Waals surface area contributed by atoms with Crippen LogP contribution in [0.15, 0.2) is 388 Å². The van der Waals surface area contributed by atoms with E-state index in [4.69, 9.17) is 0 Å². The molecule has 0 amide bonds. The minimum absolute atomic E-state index is 1.19. The summed E-state index contributed by atoms with van der Waals surface area (Å²) in [7, 11) is 0. The quantitative estimate of drug-likeness (QED) is 0.144. The fraction of sp³-hybridized carbons (Fsp3) is 0.0400. The van der Waals surface area contributed by atoms with E-state index in [-0.39, 0.29) is 0 Å². The van der Waals surface area contributed by atoms with Crippen LogP contribution in [0.5, 0.6) is 0 Å². The molecule has 0 unspecified atom stereocenters. The fourth-order valence-electron chi connectivity index (χ4n) is 15.2. The number of rotatable bonds is 8. The summed E-state index contributed by atoms with van der Waals surface area (Å²) >= 11 is 0. The summed E-state index contributed by atoms with van der Waals surface area (Å²) in [6.07, 6.45) is 0. The first-order chi connectivity index (χ1) is 51.3. The maximum absolute atomic E-state index is 2.38. The Morgan fingerprint density at radius 2 is 0.442 bits per heavy atom. The molecular formula is C100H76N4. The average molecular weight is 1330 g/mol. The third kappa shape index (κ3) is 12.3. The molecule has 0 spiro atoms. The standard InChI is InChI=1S/4C25H19N/c1-18-10-12-19(13-11-18)20-14-16-21(17-15-20)26-24-8-4-2-6-22(24)23-7-3-5-9-25(23)26;1-18-9-8-14-22-23-17-20(19-10-4-2-5-11-19)15-16-24(23)26(25(18)22)21-12-6-3-7-13-21;1-18-12-14-24-22(16-18)23-17-20(19-8-4-2-5-9-19)13-15-25(23)26(24)21-10-6-3-7-11-21;1-18-12-14-22-23-17-20(19-8-4-2-5-9-19)13-15-24(23)26(25(22)16-18)21-10-6-3-7-11-21/h4*2-17H,1H3. The van der Waals surface area contributed by atoms with Gasteiger partial charge in [0.25, 0.3) is 0 Å². The van der Waals surface area contributed by atoms with E-state index in [1.54, 1.807) is 0 Å². The molecule has 0 fully saturated rings. The highest BCUT2D eigenvalue weighted by molar-refractivity contribution is 6.14. The first-order valence-corrected chi connectivity index (χ1v) is 35.9. The lowest BCUT2D eigenvalue weighted by Gasteiger charge is -2.09. The first kappa shape index (κ1) is 64.1. The highest BCUT2D eigenvalue weighted by atomic mass is 15.0. The topological polar surface area (TPSA) is 19.7 Å². The minimum atomic E-state index is 1.19. The van der Waals surface area contributed by atoms with Crippen molar-refractivity contribution < 1.29 is 0 Å². The molecule has 4 heteroatoms. The summed E-state index contributed by atoms with van der Waals surface area (Å²) in [6, 6.07) is 139. The molecule has 496 valence electrons. The number of nitrogens with zero attached hydrogens (tertiary/aromatic N) is 4. The van der Waals surface area contributed by atoms with Gasteiger partial charge in [0.05, 0.1) is 44.1 Å². The van der Waals surface area contributed by atoms with Crippen molar-refractivity contribution in [3.05, 3.63) is 411 Å². The molecule has 16 aromatic carbocycles. The Kier molecular flexibility index (Phi) is 17.3. The number of fused-ring (bicyclic) bond motifs is 12. The number of para-hydroxylation sites is 6. The van der Waals surface area contributed by atoms with Crippen LogP contribution in [0, 0.1) is 27.7 Å². The van der Waals surface area contributed by atoms with Gasteiger partial charge in [0.1, 0.15) is 0 Å². The van der Waals surface area contributed by atoms with Crippen molar-refractivity contribution in [3.63, 3.8) is 0 Å². The number of benzene rings is 16. The van der Waals surface area contributed by atoms with E-state index >= 15 is 0 Å². The summed E-state index contributed by atoms with van der Waals surface area (Å²) in [4.78, 5) is 0. The maximum atomic E-state index is 2.38. The summed E-state index contributed by atoms with van der Waals surface area (Å²) in [5, 5.41) is 10.4. The highest BCUT2D eigenvalue weighted by Crippen LogP contribution is 2.40. The van der Waals surface area contributed by atoms with Gasteiger partial charge in [-0.05, 0) is 199 Å². The number of aryl methyl sites for hydroxylation is 4. The Labute approximate surface area is 607 Å². The predicted octanol–water partition coefficient (Wildman–Crippen LogP) is 27.0. The zero-order valence-electron chi connectivity index (χ0n) is 58.7. The average Bonchev–Trinajstić information content (AvgIpc) is 1.61. The molecule has 0 bridgehead atoms.